The van der Waals surface area contributed by atoms with Crippen LogP contribution in [0.5, 0.6) is 5.75 Å². The van der Waals surface area contributed by atoms with Crippen molar-refractivity contribution in [3.63, 3.8) is 0 Å². The van der Waals surface area contributed by atoms with Crippen LogP contribution in [0.15, 0.2) is 54.6 Å². The average Bonchev–Trinajstić information content (AvgIpc) is 3.19. The number of phenolic OH excluding ortho intramolecular Hbond substituents is 1. The van der Waals surface area contributed by atoms with E-state index in [0.29, 0.717) is 5.56 Å². The molecule has 4 N–H and O–H groups in total. The number of fused-ring (bicyclic) bond motifs is 1. The molecule has 0 aliphatic carbocycles. The number of phenols is 1. The SMILES string of the molecule is O=C(O)CC1(C(=O)O)NC(c2ccccc2O)C2C(=O)N(Cc3ccccc3)C(=O)C21. The smallest absolute Gasteiger partial charge is 0.325 e. The van der Waals surface area contributed by atoms with Crippen LogP contribution in [-0.2, 0) is 25.7 Å². The lowest BCUT2D eigenvalue weighted by Crippen LogP contribution is -2.56. The van der Waals surface area contributed by atoms with E-state index in [1.54, 1.807) is 42.5 Å². The van der Waals surface area contributed by atoms with E-state index < -0.39 is 53.6 Å². The van der Waals surface area contributed by atoms with Crippen LogP contribution in [0.4, 0.5) is 0 Å². The zero-order valence-electron chi connectivity index (χ0n) is 16.3. The molecule has 0 bridgehead atoms. The molecule has 4 rings (SSSR count). The summed E-state index contributed by atoms with van der Waals surface area (Å²) in [5.41, 5.74) is -1.29. The van der Waals surface area contributed by atoms with E-state index in [1.165, 1.54) is 12.1 Å². The van der Waals surface area contributed by atoms with Crippen LogP contribution in [0.25, 0.3) is 0 Å². The summed E-state index contributed by atoms with van der Waals surface area (Å²) in [7, 11) is 0. The maximum absolute atomic E-state index is 13.3. The number of imide groups is 1. The molecule has 4 unspecified atom stereocenters. The molecule has 4 atom stereocenters. The van der Waals surface area contributed by atoms with Crippen molar-refractivity contribution in [2.24, 2.45) is 11.8 Å². The summed E-state index contributed by atoms with van der Waals surface area (Å²) >= 11 is 0. The molecule has 2 amide bonds. The van der Waals surface area contributed by atoms with Crippen LogP contribution in [0.3, 0.4) is 0 Å². The quantitative estimate of drug-likeness (QED) is 0.505. The maximum atomic E-state index is 13.3. The normalized spacial score (nSPS) is 27.4. The number of aromatic hydroxyl groups is 1. The van der Waals surface area contributed by atoms with E-state index in [1.807, 2.05) is 0 Å². The number of benzene rings is 2. The number of nitrogens with one attached hydrogen (secondary N) is 1. The number of amides is 2. The first-order chi connectivity index (χ1) is 14.8. The third-order valence-electron chi connectivity index (χ3n) is 6.01. The molecule has 9 heteroatoms. The van der Waals surface area contributed by atoms with Crippen LogP contribution in [0.1, 0.15) is 23.6 Å². The highest BCUT2D eigenvalue weighted by Gasteiger charge is 2.69. The van der Waals surface area contributed by atoms with Gasteiger partial charge in [0.15, 0.2) is 0 Å². The van der Waals surface area contributed by atoms with E-state index in [9.17, 15) is 34.5 Å². The molecule has 2 fully saturated rings. The highest BCUT2D eigenvalue weighted by Crippen LogP contribution is 2.51. The topological polar surface area (TPSA) is 144 Å². The number of carbonyl (C=O) groups is 4. The first-order valence-corrected chi connectivity index (χ1v) is 9.66. The van der Waals surface area contributed by atoms with Crippen molar-refractivity contribution >= 4 is 23.8 Å². The summed E-state index contributed by atoms with van der Waals surface area (Å²) in [5, 5.41) is 32.5. The van der Waals surface area contributed by atoms with E-state index in [2.05, 4.69) is 5.32 Å². The fraction of sp³-hybridized carbons (Fsp3) is 0.273. The predicted octanol–water partition coefficient (Wildman–Crippen LogP) is 1.14. The molecule has 0 spiro atoms. The Balaban J connectivity index is 1.82. The Morgan fingerprint density at radius 2 is 1.61 bits per heavy atom. The fourth-order valence-corrected chi connectivity index (χ4v) is 4.68. The minimum Gasteiger partial charge on any atom is -0.508 e. The van der Waals surface area contributed by atoms with Gasteiger partial charge in [-0.05, 0) is 11.6 Å². The summed E-state index contributed by atoms with van der Waals surface area (Å²) in [5.74, 6) is -7.08. The van der Waals surface area contributed by atoms with Crippen molar-refractivity contribution in [3.05, 3.63) is 65.7 Å². The number of rotatable bonds is 6. The second kappa shape index (κ2) is 7.51. The van der Waals surface area contributed by atoms with Crippen molar-refractivity contribution in [2.75, 3.05) is 0 Å². The molecule has 160 valence electrons. The summed E-state index contributed by atoms with van der Waals surface area (Å²) in [4.78, 5) is 51.5. The standard InChI is InChI=1S/C22H20N2O7/c25-14-9-5-4-8-13(14)18-16-17(22(23-18,21(30)31)10-15(26)27)20(29)24(19(16)28)11-12-6-2-1-3-7-12/h1-9,16-18,23,25H,10-11H2,(H,26,27)(H,30,31). The van der Waals surface area contributed by atoms with Crippen LogP contribution in [-0.4, -0.2) is 49.5 Å². The van der Waals surface area contributed by atoms with Gasteiger partial charge in [0.05, 0.1) is 24.8 Å². The third kappa shape index (κ3) is 3.23. The number of hydrogen-bond donors (Lipinski definition) is 4. The zero-order valence-corrected chi connectivity index (χ0v) is 16.3. The second-order valence-corrected chi connectivity index (χ2v) is 7.78. The predicted molar refractivity (Wildman–Crippen MR) is 106 cm³/mol. The van der Waals surface area contributed by atoms with Crippen molar-refractivity contribution in [3.8, 4) is 5.75 Å². The van der Waals surface area contributed by atoms with E-state index >= 15 is 0 Å². The van der Waals surface area contributed by atoms with E-state index in [0.717, 1.165) is 4.90 Å². The van der Waals surface area contributed by atoms with Gasteiger partial charge in [0.25, 0.3) is 0 Å². The molecule has 31 heavy (non-hydrogen) atoms. The van der Waals surface area contributed by atoms with Crippen LogP contribution < -0.4 is 5.32 Å². The number of carbonyl (C=O) groups excluding carboxylic acids is 2. The van der Waals surface area contributed by atoms with Crippen LogP contribution >= 0.6 is 0 Å². The molecule has 0 aromatic heterocycles. The van der Waals surface area contributed by atoms with Gasteiger partial charge in [-0.3, -0.25) is 29.4 Å². The number of nitrogens with zero attached hydrogens (tertiary/aromatic N) is 1. The zero-order chi connectivity index (χ0) is 22.3. The molecular formula is C22H20N2O7. The second-order valence-electron chi connectivity index (χ2n) is 7.78. The highest BCUT2D eigenvalue weighted by atomic mass is 16.4. The minimum atomic E-state index is -2.19. The summed E-state index contributed by atoms with van der Waals surface area (Å²) in [6, 6.07) is 13.8. The molecule has 0 radical (unpaired) electrons. The van der Waals surface area contributed by atoms with Crippen molar-refractivity contribution < 1.29 is 34.5 Å². The first kappa shape index (κ1) is 20.5. The van der Waals surface area contributed by atoms with Gasteiger partial charge in [0, 0.05) is 11.6 Å². The highest BCUT2D eigenvalue weighted by molar-refractivity contribution is 6.10. The number of carboxylic acid groups (broad SMARTS) is 2. The van der Waals surface area contributed by atoms with Crippen LogP contribution in [0.2, 0.25) is 0 Å². The summed E-state index contributed by atoms with van der Waals surface area (Å²) in [6.45, 7) is -0.0538. The third-order valence-corrected chi connectivity index (χ3v) is 6.01. The van der Waals surface area contributed by atoms with Gasteiger partial charge in [-0.2, -0.15) is 0 Å². The van der Waals surface area contributed by atoms with Gasteiger partial charge in [0.1, 0.15) is 11.3 Å². The first-order valence-electron chi connectivity index (χ1n) is 9.66. The molecule has 2 saturated heterocycles. The summed E-state index contributed by atoms with van der Waals surface area (Å²) in [6.07, 6.45) is -0.897. The Kier molecular flexibility index (Phi) is 4.98. The van der Waals surface area contributed by atoms with Gasteiger partial charge in [-0.15, -0.1) is 0 Å². The van der Waals surface area contributed by atoms with Gasteiger partial charge in [-0.1, -0.05) is 48.5 Å². The Morgan fingerprint density at radius 1 is 0.968 bits per heavy atom. The Hall–Kier alpha value is -3.72. The Bertz CT molecular complexity index is 1070. The average molecular weight is 424 g/mol. The monoisotopic (exact) mass is 424 g/mol. The van der Waals surface area contributed by atoms with Crippen molar-refractivity contribution in [2.45, 2.75) is 24.5 Å². The summed E-state index contributed by atoms with van der Waals surface area (Å²) < 4.78 is 0. The Morgan fingerprint density at radius 3 is 2.23 bits per heavy atom. The lowest BCUT2D eigenvalue weighted by atomic mass is 9.77. The molecule has 2 heterocycles. The molecule has 0 saturated carbocycles. The molecular weight excluding hydrogens is 404 g/mol. The van der Waals surface area contributed by atoms with Gasteiger partial charge in [-0.25, -0.2) is 0 Å². The van der Waals surface area contributed by atoms with Gasteiger partial charge < -0.3 is 15.3 Å². The number of likely N-dealkylation sites (tertiary alicyclic amines) is 1. The molecule has 2 aromatic rings. The van der Waals surface area contributed by atoms with Crippen molar-refractivity contribution in [1.29, 1.82) is 0 Å². The van der Waals surface area contributed by atoms with E-state index in [-0.39, 0.29) is 17.9 Å². The largest absolute Gasteiger partial charge is 0.508 e. The number of hydrogen-bond acceptors (Lipinski definition) is 6. The number of para-hydroxylation sites is 1. The van der Waals surface area contributed by atoms with Crippen molar-refractivity contribution in [1.82, 2.24) is 10.2 Å². The Labute approximate surface area is 176 Å². The lowest BCUT2D eigenvalue weighted by Gasteiger charge is -2.29. The van der Waals surface area contributed by atoms with Gasteiger partial charge >= 0.3 is 11.9 Å². The number of aliphatic carboxylic acids is 2. The van der Waals surface area contributed by atoms with Gasteiger partial charge in [0.2, 0.25) is 11.8 Å². The maximum Gasteiger partial charge on any atom is 0.325 e. The molecule has 2 aliphatic rings. The fourth-order valence-electron chi connectivity index (χ4n) is 4.68. The lowest BCUT2D eigenvalue weighted by molar-refractivity contribution is -0.156. The van der Waals surface area contributed by atoms with Crippen LogP contribution in [0, 0.1) is 11.8 Å². The minimum absolute atomic E-state index is 0.0538. The number of carboxylic acids is 2. The molecule has 2 aromatic carbocycles. The van der Waals surface area contributed by atoms with E-state index in [4.69, 9.17) is 0 Å². The molecule has 9 nitrogen and oxygen atoms in total. The molecule has 2 aliphatic heterocycles.